The molecule has 0 aromatic heterocycles. The molecule has 1 saturated heterocycles. The van der Waals surface area contributed by atoms with Gasteiger partial charge in [0.25, 0.3) is 0 Å². The van der Waals surface area contributed by atoms with Crippen LogP contribution in [0.15, 0.2) is 23.1 Å². The van der Waals surface area contributed by atoms with E-state index in [0.29, 0.717) is 18.0 Å². The summed E-state index contributed by atoms with van der Waals surface area (Å²) in [6, 6.07) is 5.77. The van der Waals surface area contributed by atoms with E-state index in [1.165, 1.54) is 0 Å². The number of benzene rings is 1. The van der Waals surface area contributed by atoms with Crippen molar-refractivity contribution in [3.8, 4) is 0 Å². The van der Waals surface area contributed by atoms with Crippen molar-refractivity contribution in [2.24, 2.45) is 0 Å². The van der Waals surface area contributed by atoms with Gasteiger partial charge in [0.1, 0.15) is 0 Å². The van der Waals surface area contributed by atoms with Crippen LogP contribution < -0.4 is 5.32 Å². The van der Waals surface area contributed by atoms with Gasteiger partial charge in [-0.15, -0.1) is 0 Å². The van der Waals surface area contributed by atoms with Gasteiger partial charge in [-0.1, -0.05) is 12.1 Å². The first kappa shape index (κ1) is 14.5. The third-order valence-corrected chi connectivity index (χ3v) is 5.87. The number of nitrogens with one attached hydrogen (secondary N) is 1. The summed E-state index contributed by atoms with van der Waals surface area (Å²) in [5, 5.41) is 3.05. The molecule has 5 heteroatoms. The van der Waals surface area contributed by atoms with Crippen LogP contribution in [-0.4, -0.2) is 32.4 Å². The summed E-state index contributed by atoms with van der Waals surface area (Å²) in [6.07, 6.45) is 1.91. The SMILES string of the molecule is CNCc1ccc(C)c(S(=O)(=O)N2CCCC2C)c1. The zero-order chi connectivity index (χ0) is 14.0. The molecule has 1 aromatic rings. The summed E-state index contributed by atoms with van der Waals surface area (Å²) < 4.78 is 27.1. The van der Waals surface area contributed by atoms with Gasteiger partial charge < -0.3 is 5.32 Å². The third kappa shape index (κ3) is 2.83. The van der Waals surface area contributed by atoms with E-state index in [1.807, 2.05) is 33.0 Å². The van der Waals surface area contributed by atoms with Gasteiger partial charge in [0.2, 0.25) is 10.0 Å². The normalized spacial score (nSPS) is 20.9. The highest BCUT2D eigenvalue weighted by molar-refractivity contribution is 7.89. The molecule has 0 aliphatic carbocycles. The van der Waals surface area contributed by atoms with Gasteiger partial charge >= 0.3 is 0 Å². The second-order valence-corrected chi connectivity index (χ2v) is 7.10. The summed E-state index contributed by atoms with van der Waals surface area (Å²) in [5.41, 5.74) is 1.82. The first-order chi connectivity index (χ1) is 8.96. The minimum atomic E-state index is -3.35. The summed E-state index contributed by atoms with van der Waals surface area (Å²) in [5.74, 6) is 0. The van der Waals surface area contributed by atoms with Crippen molar-refractivity contribution in [3.05, 3.63) is 29.3 Å². The maximum absolute atomic E-state index is 12.7. The van der Waals surface area contributed by atoms with Gasteiger partial charge in [-0.2, -0.15) is 4.31 Å². The fourth-order valence-corrected chi connectivity index (χ4v) is 4.60. The average molecular weight is 282 g/mol. The minimum Gasteiger partial charge on any atom is -0.316 e. The zero-order valence-corrected chi connectivity index (χ0v) is 12.6. The minimum absolute atomic E-state index is 0.109. The molecule has 1 fully saturated rings. The second-order valence-electron chi connectivity index (χ2n) is 5.24. The molecule has 1 unspecified atom stereocenters. The van der Waals surface area contributed by atoms with Crippen LogP contribution in [-0.2, 0) is 16.6 Å². The Morgan fingerprint density at radius 2 is 2.16 bits per heavy atom. The van der Waals surface area contributed by atoms with Gasteiger partial charge in [-0.05, 0) is 50.9 Å². The Labute approximate surface area is 115 Å². The molecule has 0 amide bonds. The van der Waals surface area contributed by atoms with E-state index in [9.17, 15) is 8.42 Å². The van der Waals surface area contributed by atoms with E-state index in [4.69, 9.17) is 0 Å². The predicted octanol–water partition coefficient (Wildman–Crippen LogP) is 1.89. The molecule has 0 saturated carbocycles. The van der Waals surface area contributed by atoms with E-state index in [-0.39, 0.29) is 6.04 Å². The molecule has 0 spiro atoms. The highest BCUT2D eigenvalue weighted by atomic mass is 32.2. The Morgan fingerprint density at radius 1 is 1.42 bits per heavy atom. The summed E-state index contributed by atoms with van der Waals surface area (Å²) in [7, 11) is -1.50. The van der Waals surface area contributed by atoms with Crippen molar-refractivity contribution in [3.63, 3.8) is 0 Å². The third-order valence-electron chi connectivity index (χ3n) is 3.71. The van der Waals surface area contributed by atoms with Crippen LogP contribution in [0.5, 0.6) is 0 Å². The zero-order valence-electron chi connectivity index (χ0n) is 11.8. The standard InChI is InChI=1S/C14H22N2O2S/c1-11-6-7-13(10-15-3)9-14(11)19(17,18)16-8-4-5-12(16)2/h6-7,9,12,15H,4-5,8,10H2,1-3H3. The lowest BCUT2D eigenvalue weighted by Crippen LogP contribution is -2.34. The van der Waals surface area contributed by atoms with Gasteiger partial charge in [-0.3, -0.25) is 0 Å². The molecule has 1 aliphatic rings. The van der Waals surface area contributed by atoms with Gasteiger partial charge in [0.05, 0.1) is 4.90 Å². The molecule has 0 bridgehead atoms. The van der Waals surface area contributed by atoms with Crippen LogP contribution in [0.4, 0.5) is 0 Å². The van der Waals surface area contributed by atoms with Crippen molar-refractivity contribution in [2.45, 2.75) is 44.2 Å². The highest BCUT2D eigenvalue weighted by Crippen LogP contribution is 2.28. The lowest BCUT2D eigenvalue weighted by molar-refractivity contribution is 0.408. The van der Waals surface area contributed by atoms with E-state index in [0.717, 1.165) is 24.0 Å². The van der Waals surface area contributed by atoms with Crippen molar-refractivity contribution in [2.75, 3.05) is 13.6 Å². The van der Waals surface area contributed by atoms with Crippen molar-refractivity contribution < 1.29 is 8.42 Å². The largest absolute Gasteiger partial charge is 0.316 e. The Balaban J connectivity index is 2.42. The fraction of sp³-hybridized carbons (Fsp3) is 0.571. The topological polar surface area (TPSA) is 49.4 Å². The lowest BCUT2D eigenvalue weighted by Gasteiger charge is -2.22. The number of aryl methyl sites for hydroxylation is 1. The van der Waals surface area contributed by atoms with E-state index in [2.05, 4.69) is 5.32 Å². The van der Waals surface area contributed by atoms with Crippen molar-refractivity contribution in [1.82, 2.24) is 9.62 Å². The number of sulfonamides is 1. The predicted molar refractivity (Wildman–Crippen MR) is 76.5 cm³/mol. The maximum Gasteiger partial charge on any atom is 0.243 e. The molecule has 1 atom stereocenters. The molecular formula is C14H22N2O2S. The number of hydrogen-bond acceptors (Lipinski definition) is 3. The smallest absolute Gasteiger partial charge is 0.243 e. The van der Waals surface area contributed by atoms with Crippen molar-refractivity contribution >= 4 is 10.0 Å². The molecule has 1 aliphatic heterocycles. The molecule has 106 valence electrons. The quantitative estimate of drug-likeness (QED) is 0.917. The molecule has 1 heterocycles. The second kappa shape index (κ2) is 5.61. The first-order valence-corrected chi connectivity index (χ1v) is 8.17. The van der Waals surface area contributed by atoms with E-state index in [1.54, 1.807) is 10.4 Å². The molecule has 2 rings (SSSR count). The molecule has 4 nitrogen and oxygen atoms in total. The van der Waals surface area contributed by atoms with Gasteiger partial charge in [0, 0.05) is 19.1 Å². The Bertz CT molecular complexity index is 555. The first-order valence-electron chi connectivity index (χ1n) is 6.73. The summed E-state index contributed by atoms with van der Waals surface area (Å²) in [4.78, 5) is 0.453. The molecular weight excluding hydrogens is 260 g/mol. The van der Waals surface area contributed by atoms with Crippen molar-refractivity contribution in [1.29, 1.82) is 0 Å². The summed E-state index contributed by atoms with van der Waals surface area (Å²) >= 11 is 0. The van der Waals surface area contributed by atoms with E-state index < -0.39 is 10.0 Å². The lowest BCUT2D eigenvalue weighted by atomic mass is 10.1. The molecule has 1 N–H and O–H groups in total. The Morgan fingerprint density at radius 3 is 2.74 bits per heavy atom. The number of hydrogen-bond donors (Lipinski definition) is 1. The van der Waals surface area contributed by atoms with Crippen LogP contribution in [0.2, 0.25) is 0 Å². The fourth-order valence-electron chi connectivity index (χ4n) is 2.63. The van der Waals surface area contributed by atoms with Crippen LogP contribution in [0.1, 0.15) is 30.9 Å². The van der Waals surface area contributed by atoms with Gasteiger partial charge in [0.15, 0.2) is 0 Å². The summed E-state index contributed by atoms with van der Waals surface area (Å²) in [6.45, 7) is 5.16. The molecule has 0 radical (unpaired) electrons. The highest BCUT2D eigenvalue weighted by Gasteiger charge is 2.33. The molecule has 19 heavy (non-hydrogen) atoms. The van der Waals surface area contributed by atoms with Crippen LogP contribution >= 0.6 is 0 Å². The number of nitrogens with zero attached hydrogens (tertiary/aromatic N) is 1. The Hall–Kier alpha value is -0.910. The number of rotatable bonds is 4. The van der Waals surface area contributed by atoms with Crippen LogP contribution in [0.25, 0.3) is 0 Å². The average Bonchev–Trinajstić information content (AvgIpc) is 2.79. The monoisotopic (exact) mass is 282 g/mol. The van der Waals surface area contributed by atoms with Crippen LogP contribution in [0, 0.1) is 6.92 Å². The Kier molecular flexibility index (Phi) is 4.28. The maximum atomic E-state index is 12.7. The molecule has 1 aromatic carbocycles. The van der Waals surface area contributed by atoms with E-state index >= 15 is 0 Å². The van der Waals surface area contributed by atoms with Gasteiger partial charge in [-0.25, -0.2) is 8.42 Å². The van der Waals surface area contributed by atoms with Crippen LogP contribution in [0.3, 0.4) is 0 Å².